The summed E-state index contributed by atoms with van der Waals surface area (Å²) < 4.78 is 13.3. The monoisotopic (exact) mass is 466 g/mol. The second-order valence-electron chi connectivity index (χ2n) is 8.18. The number of aromatic nitrogens is 6. The first kappa shape index (κ1) is 21.5. The van der Waals surface area contributed by atoms with Crippen molar-refractivity contribution in [2.75, 3.05) is 25.6 Å². The Morgan fingerprint density at radius 1 is 1.21 bits per heavy atom. The van der Waals surface area contributed by atoms with Crippen LogP contribution in [0.4, 0.5) is 5.82 Å². The van der Waals surface area contributed by atoms with Crippen LogP contribution in [0.15, 0.2) is 40.8 Å². The number of hydrogen-bond donors (Lipinski definition) is 3. The highest BCUT2D eigenvalue weighted by molar-refractivity contribution is 7.99. The van der Waals surface area contributed by atoms with Gasteiger partial charge in [-0.25, -0.2) is 15.0 Å². The molecular formula is C22H26N8O2S. The van der Waals surface area contributed by atoms with E-state index in [4.69, 9.17) is 20.2 Å². The van der Waals surface area contributed by atoms with Crippen LogP contribution in [0.5, 0.6) is 11.5 Å². The van der Waals surface area contributed by atoms with Gasteiger partial charge in [-0.15, -0.1) is 0 Å². The lowest BCUT2D eigenvalue weighted by atomic mass is 10.1. The highest BCUT2D eigenvalue weighted by Crippen LogP contribution is 2.44. The van der Waals surface area contributed by atoms with Crippen molar-refractivity contribution in [3.63, 3.8) is 0 Å². The molecule has 11 heteroatoms. The van der Waals surface area contributed by atoms with Crippen molar-refractivity contribution in [3.8, 4) is 22.8 Å². The number of nitrogen functional groups attached to an aromatic ring is 1. The smallest absolute Gasteiger partial charge is 0.231 e. The number of nitrogens with one attached hydrogen (secondary N) is 2. The van der Waals surface area contributed by atoms with E-state index in [0.29, 0.717) is 35.3 Å². The topological polar surface area (TPSA) is 129 Å². The van der Waals surface area contributed by atoms with E-state index in [2.05, 4.69) is 43.9 Å². The highest BCUT2D eigenvalue weighted by atomic mass is 32.2. The molecule has 3 aromatic heterocycles. The SMILES string of the molecule is CC(C)CCNCCn1c(Sc2cc3c(cc2-c2ccn[nH]2)OCO3)nc2c(N)ncnc21. The summed E-state index contributed by atoms with van der Waals surface area (Å²) in [4.78, 5) is 14.3. The number of ether oxygens (including phenoxy) is 2. The van der Waals surface area contributed by atoms with Crippen molar-refractivity contribution in [3.05, 3.63) is 30.7 Å². The summed E-state index contributed by atoms with van der Waals surface area (Å²) in [5, 5.41) is 11.4. The van der Waals surface area contributed by atoms with E-state index in [9.17, 15) is 0 Å². The highest BCUT2D eigenvalue weighted by Gasteiger charge is 2.22. The number of fused-ring (bicyclic) bond motifs is 2. The number of anilines is 1. The predicted molar refractivity (Wildman–Crippen MR) is 126 cm³/mol. The van der Waals surface area contributed by atoms with Crippen LogP contribution >= 0.6 is 11.8 Å². The Labute approximate surface area is 195 Å². The molecule has 1 aliphatic rings. The van der Waals surface area contributed by atoms with Crippen LogP contribution in [0.25, 0.3) is 22.4 Å². The van der Waals surface area contributed by atoms with E-state index in [1.165, 1.54) is 18.1 Å². The van der Waals surface area contributed by atoms with E-state index in [1.54, 1.807) is 6.20 Å². The maximum atomic E-state index is 6.12. The van der Waals surface area contributed by atoms with Gasteiger partial charge in [0.25, 0.3) is 0 Å². The normalized spacial score (nSPS) is 12.8. The van der Waals surface area contributed by atoms with E-state index in [1.807, 2.05) is 18.2 Å². The fourth-order valence-electron chi connectivity index (χ4n) is 3.64. The Morgan fingerprint density at radius 3 is 2.85 bits per heavy atom. The summed E-state index contributed by atoms with van der Waals surface area (Å²) in [7, 11) is 0. The molecular weight excluding hydrogens is 440 g/mol. The van der Waals surface area contributed by atoms with Crippen molar-refractivity contribution < 1.29 is 9.47 Å². The van der Waals surface area contributed by atoms with Gasteiger partial charge in [0.1, 0.15) is 6.33 Å². The minimum Gasteiger partial charge on any atom is -0.454 e. The average molecular weight is 467 g/mol. The molecule has 4 N–H and O–H groups in total. The average Bonchev–Trinajstić information content (AvgIpc) is 3.54. The molecule has 1 aromatic carbocycles. The van der Waals surface area contributed by atoms with Crippen LogP contribution in [0.2, 0.25) is 0 Å². The Balaban J connectivity index is 1.49. The number of imidazole rings is 1. The molecule has 0 aliphatic carbocycles. The summed E-state index contributed by atoms with van der Waals surface area (Å²) in [5.74, 6) is 2.45. The molecule has 0 radical (unpaired) electrons. The summed E-state index contributed by atoms with van der Waals surface area (Å²) in [6, 6.07) is 5.86. The summed E-state index contributed by atoms with van der Waals surface area (Å²) in [6.45, 7) is 7.13. The number of H-pyrrole nitrogens is 1. The van der Waals surface area contributed by atoms with Crippen LogP contribution in [0, 0.1) is 5.92 Å². The molecule has 1 aliphatic heterocycles. The molecule has 0 saturated carbocycles. The largest absolute Gasteiger partial charge is 0.454 e. The molecule has 172 valence electrons. The molecule has 0 saturated heterocycles. The maximum absolute atomic E-state index is 6.12. The second kappa shape index (κ2) is 9.28. The van der Waals surface area contributed by atoms with Gasteiger partial charge in [-0.05, 0) is 37.1 Å². The molecule has 4 heterocycles. The van der Waals surface area contributed by atoms with Crippen LogP contribution in [0.1, 0.15) is 20.3 Å². The van der Waals surface area contributed by atoms with Gasteiger partial charge in [-0.3, -0.25) is 5.10 Å². The second-order valence-corrected chi connectivity index (χ2v) is 9.19. The lowest BCUT2D eigenvalue weighted by Gasteiger charge is -2.12. The molecule has 33 heavy (non-hydrogen) atoms. The molecule has 5 rings (SSSR count). The Kier molecular flexibility index (Phi) is 6.05. The van der Waals surface area contributed by atoms with Gasteiger partial charge in [-0.1, -0.05) is 25.6 Å². The minimum atomic E-state index is 0.207. The number of rotatable bonds is 9. The third kappa shape index (κ3) is 4.46. The molecule has 0 bridgehead atoms. The number of benzene rings is 1. The van der Waals surface area contributed by atoms with Crippen LogP contribution in [-0.4, -0.2) is 49.6 Å². The summed E-state index contributed by atoms with van der Waals surface area (Å²) in [5.41, 5.74) is 9.28. The van der Waals surface area contributed by atoms with Crippen LogP contribution in [-0.2, 0) is 6.54 Å². The first-order valence-corrected chi connectivity index (χ1v) is 11.7. The molecule has 0 unspecified atom stereocenters. The van der Waals surface area contributed by atoms with Gasteiger partial charge in [0.05, 0.1) is 5.69 Å². The maximum Gasteiger partial charge on any atom is 0.231 e. The summed E-state index contributed by atoms with van der Waals surface area (Å²) >= 11 is 1.53. The number of aromatic amines is 1. The molecule has 4 aromatic rings. The van der Waals surface area contributed by atoms with Gasteiger partial charge in [0.15, 0.2) is 33.6 Å². The Bertz CT molecular complexity index is 1260. The Hall–Kier alpha value is -3.31. The number of hydrogen-bond acceptors (Lipinski definition) is 9. The fraction of sp³-hybridized carbons (Fsp3) is 0.364. The van der Waals surface area contributed by atoms with Crippen molar-refractivity contribution >= 4 is 28.7 Å². The van der Waals surface area contributed by atoms with Gasteiger partial charge >= 0.3 is 0 Å². The first-order valence-electron chi connectivity index (χ1n) is 10.9. The van der Waals surface area contributed by atoms with Gasteiger partial charge in [-0.2, -0.15) is 5.10 Å². The van der Waals surface area contributed by atoms with Crippen LogP contribution in [0.3, 0.4) is 0 Å². The van der Waals surface area contributed by atoms with Gasteiger partial charge < -0.3 is 25.1 Å². The Morgan fingerprint density at radius 2 is 2.06 bits per heavy atom. The van der Waals surface area contributed by atoms with E-state index in [-0.39, 0.29) is 6.79 Å². The quantitative estimate of drug-likeness (QED) is 0.318. The molecule has 0 atom stereocenters. The van der Waals surface area contributed by atoms with Crippen molar-refractivity contribution in [1.82, 2.24) is 35.0 Å². The minimum absolute atomic E-state index is 0.207. The zero-order chi connectivity index (χ0) is 22.8. The van der Waals surface area contributed by atoms with Crippen LogP contribution < -0.4 is 20.5 Å². The zero-order valence-electron chi connectivity index (χ0n) is 18.5. The number of nitrogens with two attached hydrogens (primary N) is 1. The zero-order valence-corrected chi connectivity index (χ0v) is 19.4. The van der Waals surface area contributed by atoms with Crippen molar-refractivity contribution in [2.45, 2.75) is 36.9 Å². The molecule has 10 nitrogen and oxygen atoms in total. The molecule has 0 fully saturated rings. The lowest BCUT2D eigenvalue weighted by Crippen LogP contribution is -2.22. The fourth-order valence-corrected chi connectivity index (χ4v) is 4.71. The molecule has 0 spiro atoms. The third-order valence-electron chi connectivity index (χ3n) is 5.40. The third-order valence-corrected chi connectivity index (χ3v) is 6.45. The van der Waals surface area contributed by atoms with Crippen molar-refractivity contribution in [1.29, 1.82) is 0 Å². The summed E-state index contributed by atoms with van der Waals surface area (Å²) in [6.07, 6.45) is 4.34. The lowest BCUT2D eigenvalue weighted by molar-refractivity contribution is 0.174. The number of nitrogens with zero attached hydrogens (tertiary/aromatic N) is 5. The predicted octanol–water partition coefficient (Wildman–Crippen LogP) is 3.31. The van der Waals surface area contributed by atoms with E-state index >= 15 is 0 Å². The molecule has 0 amide bonds. The van der Waals surface area contributed by atoms with Crippen molar-refractivity contribution in [2.24, 2.45) is 5.92 Å². The first-order chi connectivity index (χ1) is 16.1. The van der Waals surface area contributed by atoms with E-state index < -0.39 is 0 Å². The van der Waals surface area contributed by atoms with Gasteiger partial charge in [0.2, 0.25) is 6.79 Å². The van der Waals surface area contributed by atoms with E-state index in [0.717, 1.165) is 46.5 Å². The standard InChI is InChI=1S/C22H26N8O2S/c1-13(2)3-5-24-7-8-30-21-19(20(23)25-11-26-21)28-22(30)33-18-10-17-16(31-12-32-17)9-14(18)15-4-6-27-29-15/h4,6,9-11,13,24H,3,5,7-8,12H2,1-2H3,(H,27,29)(H2,23,25,26). The van der Waals surface area contributed by atoms with Gasteiger partial charge in [0, 0.05) is 29.7 Å².